The summed E-state index contributed by atoms with van der Waals surface area (Å²) >= 11 is 1.38. The minimum Gasteiger partial charge on any atom is -0.459 e. The quantitative estimate of drug-likeness (QED) is 0.675. The van der Waals surface area contributed by atoms with E-state index in [-0.39, 0.29) is 17.5 Å². The Bertz CT molecular complexity index is 847. The number of nitrogens with one attached hydrogen (secondary N) is 1. The number of amides is 1. The predicted molar refractivity (Wildman–Crippen MR) is 89.9 cm³/mol. The molecule has 0 unspecified atom stereocenters. The molecule has 0 aliphatic carbocycles. The largest absolute Gasteiger partial charge is 0.459 e. The van der Waals surface area contributed by atoms with Crippen molar-refractivity contribution in [3.8, 4) is 0 Å². The molecule has 0 spiro atoms. The molecule has 0 saturated carbocycles. The van der Waals surface area contributed by atoms with Crippen LogP contribution in [0.5, 0.6) is 0 Å². The van der Waals surface area contributed by atoms with Crippen LogP contribution in [0, 0.1) is 5.82 Å². The smallest absolute Gasteiger partial charge is 0.227 e. The molecular formula is C17H15FN2O2S. The molecule has 1 heterocycles. The molecule has 23 heavy (non-hydrogen) atoms. The van der Waals surface area contributed by atoms with E-state index in [0.29, 0.717) is 17.9 Å². The van der Waals surface area contributed by atoms with Gasteiger partial charge in [0, 0.05) is 16.0 Å². The van der Waals surface area contributed by atoms with Crippen molar-refractivity contribution >= 4 is 34.3 Å². The summed E-state index contributed by atoms with van der Waals surface area (Å²) in [5, 5.41) is 4.00. The van der Waals surface area contributed by atoms with Gasteiger partial charge in [-0.2, -0.15) is 0 Å². The Hall–Kier alpha value is -2.47. The van der Waals surface area contributed by atoms with Crippen LogP contribution in [0.25, 0.3) is 11.0 Å². The van der Waals surface area contributed by atoms with Crippen molar-refractivity contribution in [2.45, 2.75) is 11.4 Å². The number of furan rings is 1. The van der Waals surface area contributed by atoms with Gasteiger partial charge in [-0.15, -0.1) is 11.8 Å². The zero-order valence-electron chi connectivity index (χ0n) is 12.2. The molecule has 3 N–H and O–H groups in total. The summed E-state index contributed by atoms with van der Waals surface area (Å²) in [6.07, 6.45) is 0. The number of thioether (sulfide) groups is 1. The highest BCUT2D eigenvalue weighted by Gasteiger charge is 2.07. The number of fused-ring (bicyclic) bond motifs is 1. The molecule has 0 fully saturated rings. The van der Waals surface area contributed by atoms with Gasteiger partial charge in [-0.25, -0.2) is 4.39 Å². The molecule has 1 amide bonds. The molecule has 3 rings (SSSR count). The maximum absolute atomic E-state index is 13.2. The van der Waals surface area contributed by atoms with Crippen molar-refractivity contribution in [3.05, 3.63) is 60.1 Å². The SMILES string of the molecule is NC(=O)CSc1ccccc1NCc1cc2cc(F)ccc2o1. The Labute approximate surface area is 136 Å². The van der Waals surface area contributed by atoms with Crippen LogP contribution in [0.3, 0.4) is 0 Å². The van der Waals surface area contributed by atoms with Gasteiger partial charge in [-0.1, -0.05) is 12.1 Å². The first-order valence-electron chi connectivity index (χ1n) is 7.04. The average Bonchev–Trinajstić information content (AvgIpc) is 2.93. The summed E-state index contributed by atoms with van der Waals surface area (Å²) in [4.78, 5) is 11.9. The van der Waals surface area contributed by atoms with Crippen molar-refractivity contribution < 1.29 is 13.6 Å². The molecule has 0 bridgehead atoms. The molecule has 3 aromatic rings. The molecule has 0 aliphatic heterocycles. The second kappa shape index (κ2) is 6.75. The van der Waals surface area contributed by atoms with Crippen LogP contribution in [-0.2, 0) is 11.3 Å². The van der Waals surface area contributed by atoms with Gasteiger partial charge in [0.2, 0.25) is 5.91 Å². The minimum atomic E-state index is -0.357. The second-order valence-electron chi connectivity index (χ2n) is 5.00. The van der Waals surface area contributed by atoms with Gasteiger partial charge in [-0.3, -0.25) is 4.79 Å². The lowest BCUT2D eigenvalue weighted by Crippen LogP contribution is -2.13. The van der Waals surface area contributed by atoms with Gasteiger partial charge < -0.3 is 15.5 Å². The standard InChI is InChI=1S/C17H15FN2O2S/c18-12-5-6-15-11(7-12)8-13(22-15)9-20-14-3-1-2-4-16(14)23-10-17(19)21/h1-8,20H,9-10H2,(H2,19,21). The maximum atomic E-state index is 13.2. The van der Waals surface area contributed by atoms with Crippen molar-refractivity contribution in [1.29, 1.82) is 0 Å². The molecule has 4 nitrogen and oxygen atoms in total. The highest BCUT2D eigenvalue weighted by Crippen LogP contribution is 2.28. The number of para-hydroxylation sites is 1. The minimum absolute atomic E-state index is 0.225. The monoisotopic (exact) mass is 330 g/mol. The van der Waals surface area contributed by atoms with Gasteiger partial charge in [0.25, 0.3) is 0 Å². The van der Waals surface area contributed by atoms with Crippen LogP contribution in [-0.4, -0.2) is 11.7 Å². The number of benzene rings is 2. The van der Waals surface area contributed by atoms with E-state index >= 15 is 0 Å². The van der Waals surface area contributed by atoms with Gasteiger partial charge in [-0.05, 0) is 36.4 Å². The van der Waals surface area contributed by atoms with Crippen LogP contribution in [0.4, 0.5) is 10.1 Å². The molecule has 6 heteroatoms. The highest BCUT2D eigenvalue weighted by atomic mass is 32.2. The Kier molecular flexibility index (Phi) is 4.52. The second-order valence-corrected chi connectivity index (χ2v) is 6.02. The first-order valence-corrected chi connectivity index (χ1v) is 8.02. The van der Waals surface area contributed by atoms with Crippen LogP contribution in [0.2, 0.25) is 0 Å². The summed E-state index contributed by atoms with van der Waals surface area (Å²) in [6, 6.07) is 13.9. The van der Waals surface area contributed by atoms with Crippen LogP contribution in [0.1, 0.15) is 5.76 Å². The predicted octanol–water partition coefficient (Wildman–Crippen LogP) is 3.76. The van der Waals surface area contributed by atoms with Crippen molar-refractivity contribution in [2.24, 2.45) is 5.73 Å². The van der Waals surface area contributed by atoms with Crippen LogP contribution in [0.15, 0.2) is 57.8 Å². The Balaban J connectivity index is 1.73. The Morgan fingerprint density at radius 1 is 1.22 bits per heavy atom. The fourth-order valence-electron chi connectivity index (χ4n) is 2.23. The number of carbonyl (C=O) groups is 1. The van der Waals surface area contributed by atoms with Crippen molar-refractivity contribution in [1.82, 2.24) is 0 Å². The number of hydrogen-bond acceptors (Lipinski definition) is 4. The van der Waals surface area contributed by atoms with Crippen LogP contribution >= 0.6 is 11.8 Å². The van der Waals surface area contributed by atoms with Gasteiger partial charge in [0.1, 0.15) is 17.2 Å². The third kappa shape index (κ3) is 3.84. The van der Waals surface area contributed by atoms with E-state index in [4.69, 9.17) is 10.2 Å². The molecule has 0 atom stereocenters. The van der Waals surface area contributed by atoms with Gasteiger partial charge in [0.15, 0.2) is 0 Å². The molecule has 2 aromatic carbocycles. The van der Waals surface area contributed by atoms with E-state index in [1.807, 2.05) is 30.3 Å². The summed E-state index contributed by atoms with van der Waals surface area (Å²) < 4.78 is 18.9. The number of anilines is 1. The Morgan fingerprint density at radius 3 is 2.87 bits per heavy atom. The van der Waals surface area contributed by atoms with Crippen LogP contribution < -0.4 is 11.1 Å². The zero-order chi connectivity index (χ0) is 16.2. The first-order chi connectivity index (χ1) is 11.1. The molecule has 0 saturated heterocycles. The molecule has 1 aromatic heterocycles. The van der Waals surface area contributed by atoms with Gasteiger partial charge in [0.05, 0.1) is 12.3 Å². The van der Waals surface area contributed by atoms with E-state index in [1.54, 1.807) is 6.07 Å². The molecule has 118 valence electrons. The van der Waals surface area contributed by atoms with E-state index < -0.39 is 0 Å². The lowest BCUT2D eigenvalue weighted by Gasteiger charge is -2.09. The number of primary amides is 1. The molecule has 0 aliphatic rings. The van der Waals surface area contributed by atoms with E-state index in [2.05, 4.69) is 5.32 Å². The fourth-order valence-corrected chi connectivity index (χ4v) is 2.99. The zero-order valence-corrected chi connectivity index (χ0v) is 13.0. The third-order valence-electron chi connectivity index (χ3n) is 3.24. The fraction of sp³-hybridized carbons (Fsp3) is 0.118. The normalized spacial score (nSPS) is 10.8. The number of halogens is 1. The van der Waals surface area contributed by atoms with E-state index in [1.165, 1.54) is 23.9 Å². The van der Waals surface area contributed by atoms with E-state index in [0.717, 1.165) is 16.0 Å². The highest BCUT2D eigenvalue weighted by molar-refractivity contribution is 8.00. The number of hydrogen-bond donors (Lipinski definition) is 2. The lowest BCUT2D eigenvalue weighted by atomic mass is 10.2. The average molecular weight is 330 g/mol. The topological polar surface area (TPSA) is 68.3 Å². The van der Waals surface area contributed by atoms with E-state index in [9.17, 15) is 9.18 Å². The maximum Gasteiger partial charge on any atom is 0.227 e. The number of carbonyl (C=O) groups excluding carboxylic acids is 1. The van der Waals surface area contributed by atoms with Crippen molar-refractivity contribution in [2.75, 3.05) is 11.1 Å². The summed E-state index contributed by atoms with van der Waals surface area (Å²) in [6.45, 7) is 0.463. The Morgan fingerprint density at radius 2 is 2.04 bits per heavy atom. The van der Waals surface area contributed by atoms with Gasteiger partial charge >= 0.3 is 0 Å². The lowest BCUT2D eigenvalue weighted by molar-refractivity contribution is -0.115. The third-order valence-corrected chi connectivity index (χ3v) is 4.34. The molecular weight excluding hydrogens is 315 g/mol. The summed E-state index contributed by atoms with van der Waals surface area (Å²) in [5.41, 5.74) is 6.73. The first kappa shape index (κ1) is 15.4. The summed E-state index contributed by atoms with van der Waals surface area (Å²) in [7, 11) is 0. The number of nitrogens with two attached hydrogens (primary N) is 1. The van der Waals surface area contributed by atoms with Crippen molar-refractivity contribution in [3.63, 3.8) is 0 Å². The number of rotatable bonds is 6. The molecule has 0 radical (unpaired) electrons. The summed E-state index contributed by atoms with van der Waals surface area (Å²) in [5.74, 6) is 0.290.